The van der Waals surface area contributed by atoms with Crippen LogP contribution in [0.3, 0.4) is 0 Å². The van der Waals surface area contributed by atoms with E-state index in [1.165, 1.54) is 52.1 Å². The minimum absolute atomic E-state index is 0.0291. The van der Waals surface area contributed by atoms with E-state index in [1.807, 2.05) is 59.9 Å². The van der Waals surface area contributed by atoms with Crippen LogP contribution in [0.5, 0.6) is 0 Å². The highest BCUT2D eigenvalue weighted by Gasteiger charge is 2.05. The Balaban J connectivity index is -0.0000000849. The first-order valence-electron chi connectivity index (χ1n) is 21.2. The molecule has 9 nitrogen and oxygen atoms in total. The third-order valence-corrected chi connectivity index (χ3v) is 7.02. The van der Waals surface area contributed by atoms with Gasteiger partial charge in [0.15, 0.2) is 0 Å². The summed E-state index contributed by atoms with van der Waals surface area (Å²) in [5.41, 5.74) is 6.26. The topological polar surface area (TPSA) is 146 Å². The van der Waals surface area contributed by atoms with Crippen molar-refractivity contribution in [2.24, 2.45) is 11.7 Å². The number of aldehydes is 1. The van der Waals surface area contributed by atoms with Gasteiger partial charge in [-0.25, -0.2) is 0 Å². The summed E-state index contributed by atoms with van der Waals surface area (Å²) < 4.78 is 5.37. The van der Waals surface area contributed by atoms with Crippen molar-refractivity contribution in [2.45, 2.75) is 144 Å². The molecule has 0 aromatic carbocycles. The Hall–Kier alpha value is -3.10. The second-order valence-corrected chi connectivity index (χ2v) is 12.0. The van der Waals surface area contributed by atoms with Gasteiger partial charge in [-0.2, -0.15) is 0 Å². The number of rotatable bonds is 23. The number of ether oxygens (including phenoxy) is 1. The van der Waals surface area contributed by atoms with Crippen LogP contribution in [0.25, 0.3) is 0 Å². The smallest absolute Gasteiger partial charge is 0.137 e. The van der Waals surface area contributed by atoms with Crippen LogP contribution in [0.2, 0.25) is 0 Å². The normalized spacial score (nSPS) is 11.7. The van der Waals surface area contributed by atoms with E-state index in [4.69, 9.17) is 22.0 Å². The molecule has 1 heterocycles. The van der Waals surface area contributed by atoms with Crippen LogP contribution in [-0.2, 0) is 14.3 Å². The van der Waals surface area contributed by atoms with E-state index in [9.17, 15) is 14.7 Å². The molecule has 0 amide bonds. The van der Waals surface area contributed by atoms with E-state index in [-0.39, 0.29) is 11.8 Å². The van der Waals surface area contributed by atoms with Crippen molar-refractivity contribution in [2.75, 3.05) is 60.6 Å². The molecule has 1 fully saturated rings. The van der Waals surface area contributed by atoms with Crippen molar-refractivity contribution in [1.82, 2.24) is 16.0 Å². The van der Waals surface area contributed by atoms with Crippen molar-refractivity contribution in [3.05, 3.63) is 74.6 Å². The maximum Gasteiger partial charge on any atom is 0.137 e. The number of aliphatic hydroxyl groups excluding tert-OH is 2. The first-order valence-corrected chi connectivity index (χ1v) is 21.2. The number of carbonyl (C=O) groups excluding carboxylic acids is 2. The van der Waals surface area contributed by atoms with Gasteiger partial charge in [0, 0.05) is 33.2 Å². The lowest BCUT2D eigenvalue weighted by molar-refractivity contribution is -0.120. The molecule has 0 aromatic rings. The molecule has 1 rings (SSSR count). The van der Waals surface area contributed by atoms with Crippen LogP contribution >= 0.6 is 0 Å². The second-order valence-electron chi connectivity index (χ2n) is 12.0. The summed E-state index contributed by atoms with van der Waals surface area (Å²) in [6, 6.07) is -0.303. The average Bonchev–Trinajstić information content (AvgIpc) is 3.25. The standard InChI is InChI=1S/C12H18O.C11H18O.C6H16N2.C6H11NO2.C6H13N.2C2H6.C2H4.CH4O/c1-4-6-7-8-9-12(13)10-11(3)5-2;1-3-5-7-9-11-12-10-8-6-4-2;1-8-6-4-2-3-5-7;1-5(9)3-6(4-8)7-2;1-6-2-4-7-5-3-6;4*1-2/h4-5,9-10,13H,1-2,6-8H2,3H3;1,4H,2,5-11H2;8H,2-7H2,1H3;4,6-7H,3H2,1-2H3;6-7H,2-5H2,1H3;2*1-2H3;1-2H2;2H,1H3/b11-10-,12-9+;;;;;;;;/t;;;6-;;;;;/m...0...../s1. The molecule has 0 spiro atoms. The van der Waals surface area contributed by atoms with Crippen molar-refractivity contribution >= 4 is 12.1 Å². The van der Waals surface area contributed by atoms with Crippen LogP contribution in [0.15, 0.2) is 74.6 Å². The third kappa shape index (κ3) is 90.6. The summed E-state index contributed by atoms with van der Waals surface area (Å²) in [5.74, 6) is 3.93. The van der Waals surface area contributed by atoms with E-state index in [1.54, 1.807) is 19.2 Å². The molecule has 9 heteroatoms. The van der Waals surface area contributed by atoms with Crippen LogP contribution in [0.4, 0.5) is 0 Å². The highest BCUT2D eigenvalue weighted by Crippen LogP contribution is 2.08. The van der Waals surface area contributed by atoms with Crippen molar-refractivity contribution in [3.8, 4) is 12.3 Å². The van der Waals surface area contributed by atoms with Crippen molar-refractivity contribution in [1.29, 1.82) is 0 Å². The van der Waals surface area contributed by atoms with Crippen LogP contribution in [0, 0.1) is 18.3 Å². The number of ketones is 1. The van der Waals surface area contributed by atoms with Gasteiger partial charge in [-0.15, -0.1) is 38.7 Å². The zero-order valence-corrected chi connectivity index (χ0v) is 39.1. The minimum Gasteiger partial charge on any atom is -0.508 e. The lowest BCUT2D eigenvalue weighted by Crippen LogP contribution is -2.28. The number of allylic oxidation sites excluding steroid dienone is 6. The van der Waals surface area contributed by atoms with Crippen LogP contribution in [-0.4, -0.2) is 88.9 Å². The molecule has 57 heavy (non-hydrogen) atoms. The molecule has 0 saturated carbocycles. The minimum atomic E-state index is -0.303. The number of Topliss-reactive ketones (excluding diaryl/α,β-unsaturated/α-hetero) is 1. The van der Waals surface area contributed by atoms with Gasteiger partial charge in [-0.1, -0.05) is 65.8 Å². The molecule has 0 radical (unpaired) electrons. The fourth-order valence-corrected chi connectivity index (χ4v) is 3.84. The van der Waals surface area contributed by atoms with E-state index < -0.39 is 0 Å². The molecular weight excluding hydrogens is 713 g/mol. The zero-order chi connectivity index (χ0) is 45.8. The number of nitrogens with one attached hydrogen (secondary N) is 3. The van der Waals surface area contributed by atoms with E-state index >= 15 is 0 Å². The summed E-state index contributed by atoms with van der Waals surface area (Å²) in [6.07, 6.45) is 29.7. The number of likely N-dealkylation sites (N-methyl/N-ethyl adjacent to an activating group) is 1. The Bertz CT molecular complexity index is 873. The average molecular weight is 809 g/mol. The van der Waals surface area contributed by atoms with Gasteiger partial charge in [-0.3, -0.25) is 4.79 Å². The van der Waals surface area contributed by atoms with Gasteiger partial charge in [0.1, 0.15) is 17.8 Å². The van der Waals surface area contributed by atoms with Gasteiger partial charge in [0.2, 0.25) is 0 Å². The maximum atomic E-state index is 10.4. The molecule has 1 aliphatic heterocycles. The number of piperidine rings is 1. The summed E-state index contributed by atoms with van der Waals surface area (Å²) in [7, 11) is 4.63. The molecule has 1 aliphatic rings. The molecule has 0 bridgehead atoms. The number of unbranched alkanes of at least 4 members (excludes halogenated alkanes) is 7. The molecule has 0 aliphatic carbocycles. The van der Waals surface area contributed by atoms with Gasteiger partial charge in [0.05, 0.1) is 6.04 Å². The Kier molecular flexibility index (Phi) is 97.2. The first kappa shape index (κ1) is 71.6. The quantitative estimate of drug-likeness (QED) is 0.0148. The SMILES string of the molecule is C#CCCCCOCCCC=C.C=C.C=CCCC/C=C(O)\C=C(\C)C=C.CC.CC.CC1CCNCC1.CNCCCCCN.CN[C@H](C=O)CC(C)=O.CO. The summed E-state index contributed by atoms with van der Waals surface area (Å²) >= 11 is 0. The van der Waals surface area contributed by atoms with Crippen LogP contribution < -0.4 is 21.7 Å². The lowest BCUT2D eigenvalue weighted by Gasteiger charge is -2.17. The van der Waals surface area contributed by atoms with Gasteiger partial charge >= 0.3 is 0 Å². The molecule has 338 valence electrons. The summed E-state index contributed by atoms with van der Waals surface area (Å²) in [6.45, 7) is 36.7. The molecule has 7 N–H and O–H groups in total. The third-order valence-electron chi connectivity index (χ3n) is 7.02. The van der Waals surface area contributed by atoms with E-state index in [2.05, 4.69) is 61.7 Å². The maximum absolute atomic E-state index is 10.4. The van der Waals surface area contributed by atoms with E-state index in [0.29, 0.717) is 12.2 Å². The molecule has 1 atom stereocenters. The van der Waals surface area contributed by atoms with Gasteiger partial charge in [-0.05, 0) is 148 Å². The number of nitrogens with two attached hydrogens (primary N) is 1. The summed E-state index contributed by atoms with van der Waals surface area (Å²) in [5, 5.41) is 25.5. The molecule has 0 aromatic heterocycles. The van der Waals surface area contributed by atoms with E-state index in [0.717, 1.165) is 103 Å². The predicted molar refractivity (Wildman–Crippen MR) is 256 cm³/mol. The Morgan fingerprint density at radius 1 is 0.912 bits per heavy atom. The molecule has 1 saturated heterocycles. The zero-order valence-electron chi connectivity index (χ0n) is 39.1. The predicted octanol–water partition coefficient (Wildman–Crippen LogP) is 10.2. The Labute approximate surface area is 355 Å². The Morgan fingerprint density at radius 2 is 1.46 bits per heavy atom. The molecular formula is C48H96N4O5. The van der Waals surface area contributed by atoms with Crippen molar-refractivity contribution in [3.63, 3.8) is 0 Å². The largest absolute Gasteiger partial charge is 0.508 e. The number of terminal acetylenes is 1. The van der Waals surface area contributed by atoms with Gasteiger partial charge in [0.25, 0.3) is 0 Å². The fourth-order valence-electron chi connectivity index (χ4n) is 3.84. The lowest BCUT2D eigenvalue weighted by atomic mass is 10.0. The second kappa shape index (κ2) is 77.4. The monoisotopic (exact) mass is 809 g/mol. The number of hydrogen-bond donors (Lipinski definition) is 6. The number of carbonyl (C=O) groups is 2. The van der Waals surface area contributed by atoms with Crippen molar-refractivity contribution < 1.29 is 24.5 Å². The molecule has 0 unspecified atom stereocenters. The summed E-state index contributed by atoms with van der Waals surface area (Å²) in [4.78, 5) is 20.4. The first-order chi connectivity index (χ1) is 27.6. The fraction of sp³-hybridized carbons (Fsp3) is 0.667. The number of hydrogen-bond acceptors (Lipinski definition) is 9. The highest BCUT2D eigenvalue weighted by atomic mass is 16.5. The highest BCUT2D eigenvalue weighted by molar-refractivity contribution is 5.79. The van der Waals surface area contributed by atoms with Crippen LogP contribution in [0.1, 0.15) is 138 Å². The number of aliphatic hydroxyl groups is 2. The Morgan fingerprint density at radius 3 is 1.84 bits per heavy atom. The van der Waals surface area contributed by atoms with Gasteiger partial charge < -0.3 is 41.4 Å².